The van der Waals surface area contributed by atoms with Gasteiger partial charge in [0.15, 0.2) is 5.00 Å². The van der Waals surface area contributed by atoms with Crippen molar-refractivity contribution in [1.29, 1.82) is 0 Å². The molecule has 0 bridgehead atoms. The summed E-state index contributed by atoms with van der Waals surface area (Å²) >= 11 is 0.631. The van der Waals surface area contributed by atoms with Crippen LogP contribution in [-0.2, 0) is 14.8 Å². The van der Waals surface area contributed by atoms with E-state index >= 15 is 0 Å². The second-order valence-corrected chi connectivity index (χ2v) is 6.55. The number of hydrazine groups is 1. The zero-order valence-corrected chi connectivity index (χ0v) is 12.0. The molecule has 0 unspecified atom stereocenters. The van der Waals surface area contributed by atoms with Crippen LogP contribution in [0.2, 0.25) is 0 Å². The zero-order valence-electron chi connectivity index (χ0n) is 10.4. The van der Waals surface area contributed by atoms with Crippen LogP contribution in [0.25, 0.3) is 0 Å². The minimum absolute atomic E-state index is 0.0365. The molecule has 0 aliphatic carbocycles. The molecular weight excluding hydrogens is 310 g/mol. The predicted molar refractivity (Wildman–Crippen MR) is 72.7 cm³/mol. The molecule has 112 valence electrons. The van der Waals surface area contributed by atoms with E-state index in [0.29, 0.717) is 11.3 Å². The number of carbonyl (C=O) groups excluding carboxylic acids is 1. The smallest absolute Gasteiger partial charge is 0.306 e. The third-order valence-corrected chi connectivity index (χ3v) is 5.20. The lowest BCUT2D eigenvalue weighted by Crippen LogP contribution is -2.28. The number of nitrogens with two attached hydrogens (primary N) is 1. The Hall–Kier alpha value is -1.76. The predicted octanol–water partition coefficient (Wildman–Crippen LogP) is -0.644. The quantitative estimate of drug-likeness (QED) is 0.295. The molecule has 12 heteroatoms. The lowest BCUT2D eigenvalue weighted by Gasteiger charge is -2.03. The Bertz CT molecular complexity index is 611. The molecule has 0 aliphatic heterocycles. The number of amides is 1. The van der Waals surface area contributed by atoms with Crippen molar-refractivity contribution in [3.05, 3.63) is 16.2 Å². The Balaban J connectivity index is 2.87. The van der Waals surface area contributed by atoms with Crippen molar-refractivity contribution in [3.8, 4) is 0 Å². The molecule has 1 rings (SSSR count). The Kier molecular flexibility index (Phi) is 5.38. The number of anilines is 1. The van der Waals surface area contributed by atoms with Gasteiger partial charge in [0.05, 0.1) is 4.92 Å². The van der Waals surface area contributed by atoms with Gasteiger partial charge in [0.2, 0.25) is 15.9 Å². The van der Waals surface area contributed by atoms with Gasteiger partial charge in [-0.05, 0) is 0 Å². The number of nitrogens with zero attached hydrogens (tertiary/aromatic N) is 1. The molecule has 20 heavy (non-hydrogen) atoms. The average Bonchev–Trinajstić information content (AvgIpc) is 2.83. The van der Waals surface area contributed by atoms with E-state index in [1.54, 1.807) is 0 Å². The molecule has 1 amide bonds. The van der Waals surface area contributed by atoms with Gasteiger partial charge in [0, 0.05) is 26.1 Å². The van der Waals surface area contributed by atoms with Crippen molar-refractivity contribution >= 4 is 38.0 Å². The second kappa shape index (κ2) is 6.60. The number of nitro groups is 1. The van der Waals surface area contributed by atoms with Crippen LogP contribution in [0.5, 0.6) is 0 Å². The first-order chi connectivity index (χ1) is 9.31. The second-order valence-electron chi connectivity index (χ2n) is 3.50. The number of sulfonamides is 1. The first-order valence-corrected chi connectivity index (χ1v) is 7.57. The number of hydrogen-bond acceptors (Lipinski definition) is 8. The summed E-state index contributed by atoms with van der Waals surface area (Å²) in [6.07, 6.45) is -0.0365. The summed E-state index contributed by atoms with van der Waals surface area (Å²) in [4.78, 5) is 20.9. The normalized spacial score (nSPS) is 11.1. The van der Waals surface area contributed by atoms with Gasteiger partial charge in [-0.15, -0.1) is 0 Å². The van der Waals surface area contributed by atoms with E-state index < -0.39 is 20.6 Å². The van der Waals surface area contributed by atoms with E-state index in [-0.39, 0.29) is 28.1 Å². The van der Waals surface area contributed by atoms with Crippen LogP contribution in [-0.4, -0.2) is 32.8 Å². The van der Waals surface area contributed by atoms with Gasteiger partial charge in [-0.3, -0.25) is 14.9 Å². The van der Waals surface area contributed by atoms with Crippen LogP contribution in [0.1, 0.15) is 6.42 Å². The van der Waals surface area contributed by atoms with Gasteiger partial charge < -0.3 is 10.7 Å². The summed E-state index contributed by atoms with van der Waals surface area (Å²) in [5, 5.41) is 13.0. The number of nitrogens with one attached hydrogen (secondary N) is 3. The summed E-state index contributed by atoms with van der Waals surface area (Å²) in [5.41, 5.74) is 1.65. The number of rotatable bonds is 7. The van der Waals surface area contributed by atoms with Crippen LogP contribution in [0, 0.1) is 10.1 Å². The van der Waals surface area contributed by atoms with Gasteiger partial charge in [0.25, 0.3) is 0 Å². The summed E-state index contributed by atoms with van der Waals surface area (Å²) in [6, 6.07) is 0.905. The van der Waals surface area contributed by atoms with Crippen molar-refractivity contribution in [2.45, 2.75) is 10.6 Å². The molecule has 5 N–H and O–H groups in total. The van der Waals surface area contributed by atoms with Gasteiger partial charge in [-0.25, -0.2) is 19.0 Å². The van der Waals surface area contributed by atoms with Crippen LogP contribution in [0.15, 0.2) is 10.3 Å². The number of carbonyl (C=O) groups is 1. The van der Waals surface area contributed by atoms with Crippen LogP contribution in [0.3, 0.4) is 0 Å². The standard InChI is InChI=1S/C8H13N5O5S2/c1-10-6(14)2-3-11-20(17,18)7-4-5(13(15)16)8(12-9)19-7/h4,11-12H,2-3,9H2,1H3,(H,10,14). The zero-order chi connectivity index (χ0) is 15.3. The fourth-order valence-corrected chi connectivity index (χ4v) is 3.54. The first kappa shape index (κ1) is 16.3. The molecule has 0 saturated carbocycles. The molecule has 1 aromatic heterocycles. The SMILES string of the molecule is CNC(=O)CCNS(=O)(=O)c1cc([N+](=O)[O-])c(NN)s1. The highest BCUT2D eigenvalue weighted by Gasteiger charge is 2.25. The summed E-state index contributed by atoms with van der Waals surface area (Å²) in [7, 11) is -2.49. The van der Waals surface area contributed by atoms with Crippen molar-refractivity contribution in [3.63, 3.8) is 0 Å². The van der Waals surface area contributed by atoms with E-state index in [1.807, 2.05) is 0 Å². The molecule has 0 saturated heterocycles. The van der Waals surface area contributed by atoms with Crippen LogP contribution >= 0.6 is 11.3 Å². The van der Waals surface area contributed by atoms with Crippen molar-refractivity contribution in [1.82, 2.24) is 10.0 Å². The van der Waals surface area contributed by atoms with E-state index in [2.05, 4.69) is 15.5 Å². The maximum Gasteiger partial charge on any atom is 0.306 e. The van der Waals surface area contributed by atoms with Crippen LogP contribution in [0.4, 0.5) is 10.7 Å². The van der Waals surface area contributed by atoms with E-state index in [0.717, 1.165) is 6.07 Å². The van der Waals surface area contributed by atoms with Gasteiger partial charge in [-0.1, -0.05) is 11.3 Å². The topological polar surface area (TPSA) is 156 Å². The fourth-order valence-electron chi connectivity index (χ4n) is 1.23. The van der Waals surface area contributed by atoms with Gasteiger partial charge in [-0.2, -0.15) is 0 Å². The first-order valence-electron chi connectivity index (χ1n) is 5.27. The van der Waals surface area contributed by atoms with Crippen LogP contribution < -0.4 is 21.3 Å². The number of nitrogen functional groups attached to an aromatic ring is 1. The highest BCUT2D eigenvalue weighted by atomic mass is 32.2. The molecule has 0 aliphatic rings. The summed E-state index contributed by atoms with van der Waals surface area (Å²) in [5.74, 6) is 4.77. The number of hydrogen-bond donors (Lipinski definition) is 4. The minimum atomic E-state index is -3.92. The number of thiophene rings is 1. The highest BCUT2D eigenvalue weighted by Crippen LogP contribution is 2.36. The molecule has 10 nitrogen and oxygen atoms in total. The molecule has 1 heterocycles. The Morgan fingerprint density at radius 1 is 1.55 bits per heavy atom. The summed E-state index contributed by atoms with van der Waals surface area (Å²) < 4.78 is 25.7. The molecule has 0 aromatic carbocycles. The Morgan fingerprint density at radius 2 is 2.20 bits per heavy atom. The Morgan fingerprint density at radius 3 is 2.65 bits per heavy atom. The molecule has 0 atom stereocenters. The molecule has 1 aromatic rings. The molecule has 0 fully saturated rings. The lowest BCUT2D eigenvalue weighted by atomic mass is 10.4. The third-order valence-electron chi connectivity index (χ3n) is 2.21. The van der Waals surface area contributed by atoms with Gasteiger partial charge in [0.1, 0.15) is 4.21 Å². The van der Waals surface area contributed by atoms with E-state index in [9.17, 15) is 23.3 Å². The highest BCUT2D eigenvalue weighted by molar-refractivity contribution is 7.91. The lowest BCUT2D eigenvalue weighted by molar-refractivity contribution is -0.383. The fraction of sp³-hybridized carbons (Fsp3) is 0.375. The third kappa shape index (κ3) is 3.86. The van der Waals surface area contributed by atoms with Crippen molar-refractivity contribution in [2.75, 3.05) is 19.0 Å². The van der Waals surface area contributed by atoms with Crippen molar-refractivity contribution < 1.29 is 18.1 Å². The summed E-state index contributed by atoms with van der Waals surface area (Å²) in [6.45, 7) is -0.112. The van der Waals surface area contributed by atoms with Gasteiger partial charge >= 0.3 is 5.69 Å². The molecule has 0 radical (unpaired) electrons. The Labute approximate surface area is 118 Å². The van der Waals surface area contributed by atoms with E-state index in [4.69, 9.17) is 5.84 Å². The van der Waals surface area contributed by atoms with E-state index in [1.165, 1.54) is 7.05 Å². The average molecular weight is 323 g/mol. The molecular formula is C8H13N5O5S2. The minimum Gasteiger partial charge on any atom is -0.359 e. The molecule has 0 spiro atoms. The monoisotopic (exact) mass is 323 g/mol. The van der Waals surface area contributed by atoms with Crippen molar-refractivity contribution in [2.24, 2.45) is 5.84 Å². The largest absolute Gasteiger partial charge is 0.359 e. The maximum absolute atomic E-state index is 11.9. The maximum atomic E-state index is 11.9.